The van der Waals surface area contributed by atoms with Crippen molar-refractivity contribution in [2.24, 2.45) is 0 Å². The van der Waals surface area contributed by atoms with E-state index in [4.69, 9.17) is 0 Å². The van der Waals surface area contributed by atoms with Crippen molar-refractivity contribution in [3.8, 4) is 0 Å². The van der Waals surface area contributed by atoms with E-state index in [1.807, 2.05) is 13.8 Å². The second kappa shape index (κ2) is 8.85. The van der Waals surface area contributed by atoms with Gasteiger partial charge in [0.1, 0.15) is 17.4 Å². The molecule has 0 aromatic carbocycles. The van der Waals surface area contributed by atoms with E-state index in [0.29, 0.717) is 23.7 Å². The highest BCUT2D eigenvalue weighted by Gasteiger charge is 2.26. The highest BCUT2D eigenvalue weighted by atomic mass is 79.9. The highest BCUT2D eigenvalue weighted by molar-refractivity contribution is 9.10. The Labute approximate surface area is 162 Å². The van der Waals surface area contributed by atoms with Gasteiger partial charge in [0.2, 0.25) is 5.91 Å². The molecular formula is C16H20BrF4N5O. The highest BCUT2D eigenvalue weighted by Crippen LogP contribution is 2.27. The van der Waals surface area contributed by atoms with Crippen LogP contribution in [0.4, 0.5) is 17.6 Å². The van der Waals surface area contributed by atoms with Gasteiger partial charge >= 0.3 is 0 Å². The number of hydrogen-bond donors (Lipinski definition) is 1. The van der Waals surface area contributed by atoms with Gasteiger partial charge in [0.05, 0.1) is 10.2 Å². The zero-order valence-electron chi connectivity index (χ0n) is 15.0. The fourth-order valence-corrected chi connectivity index (χ4v) is 2.88. The number of rotatable bonds is 8. The molecule has 0 saturated carbocycles. The molecular weight excluding hydrogens is 434 g/mol. The predicted octanol–water partition coefficient (Wildman–Crippen LogP) is 4.10. The monoisotopic (exact) mass is 453 g/mol. The first kappa shape index (κ1) is 21.4. The molecule has 0 fully saturated rings. The van der Waals surface area contributed by atoms with Crippen LogP contribution >= 0.6 is 15.9 Å². The lowest BCUT2D eigenvalue weighted by atomic mass is 10.3. The Morgan fingerprint density at radius 2 is 1.89 bits per heavy atom. The summed E-state index contributed by atoms with van der Waals surface area (Å²) in [6.45, 7) is 5.96. The van der Waals surface area contributed by atoms with Gasteiger partial charge in [-0.25, -0.2) is 17.6 Å². The number of carbonyl (C=O) groups excluding carboxylic acids is 1. The lowest BCUT2D eigenvalue weighted by Crippen LogP contribution is -2.33. The number of amides is 1. The first-order chi connectivity index (χ1) is 12.6. The quantitative estimate of drug-likeness (QED) is 0.483. The summed E-state index contributed by atoms with van der Waals surface area (Å²) < 4.78 is 54.9. The van der Waals surface area contributed by atoms with Gasteiger partial charge in [0.25, 0.3) is 12.9 Å². The molecule has 1 amide bonds. The maximum atomic E-state index is 13.0. The summed E-state index contributed by atoms with van der Waals surface area (Å²) in [5, 5.41) is 10.4. The van der Waals surface area contributed by atoms with Crippen LogP contribution in [-0.4, -0.2) is 32.0 Å². The maximum absolute atomic E-state index is 13.0. The van der Waals surface area contributed by atoms with E-state index >= 15 is 0 Å². The van der Waals surface area contributed by atoms with Crippen molar-refractivity contribution in [3.63, 3.8) is 0 Å². The molecule has 0 aliphatic carbocycles. The van der Waals surface area contributed by atoms with E-state index < -0.39 is 36.2 Å². The van der Waals surface area contributed by atoms with Gasteiger partial charge in [-0.1, -0.05) is 0 Å². The summed E-state index contributed by atoms with van der Waals surface area (Å²) in [6.07, 6.45) is -5.43. The molecule has 2 aromatic rings. The van der Waals surface area contributed by atoms with Crippen LogP contribution in [0.25, 0.3) is 0 Å². The van der Waals surface area contributed by atoms with Crippen LogP contribution in [0, 0.1) is 13.8 Å². The average Bonchev–Trinajstić information content (AvgIpc) is 3.16. The van der Waals surface area contributed by atoms with Crippen LogP contribution in [0.1, 0.15) is 55.0 Å². The lowest BCUT2D eigenvalue weighted by molar-refractivity contribution is -0.124. The standard InChI is InChI=1S/C16H20BrF4N5O/c1-8-13(17)9(2)25(23-8)6-4-5-22-16(27)10(3)26-12(15(20)21)7-11(24-26)14(18)19/h7,10,14-15H,4-6H2,1-3H3,(H,22,27). The third-order valence-corrected chi connectivity index (χ3v) is 5.26. The fourth-order valence-electron chi connectivity index (χ4n) is 2.60. The first-order valence-corrected chi connectivity index (χ1v) is 9.05. The van der Waals surface area contributed by atoms with Gasteiger partial charge in [-0.05, 0) is 49.2 Å². The number of carbonyl (C=O) groups is 1. The molecule has 2 aromatic heterocycles. The Bertz CT molecular complexity index is 805. The molecule has 0 bridgehead atoms. The van der Waals surface area contributed by atoms with Gasteiger partial charge in [0, 0.05) is 18.8 Å². The first-order valence-electron chi connectivity index (χ1n) is 8.26. The van der Waals surface area contributed by atoms with Gasteiger partial charge in [0.15, 0.2) is 0 Å². The summed E-state index contributed by atoms with van der Waals surface area (Å²) in [7, 11) is 0. The number of nitrogens with zero attached hydrogens (tertiary/aromatic N) is 4. The van der Waals surface area contributed by atoms with Gasteiger partial charge in [-0.2, -0.15) is 10.2 Å². The van der Waals surface area contributed by atoms with E-state index in [1.54, 1.807) is 4.68 Å². The number of alkyl halides is 4. The molecule has 0 aliphatic heterocycles. The van der Waals surface area contributed by atoms with E-state index in [2.05, 4.69) is 31.4 Å². The maximum Gasteiger partial charge on any atom is 0.282 e. The minimum absolute atomic E-state index is 0.284. The average molecular weight is 454 g/mol. The number of hydrogen-bond acceptors (Lipinski definition) is 3. The Morgan fingerprint density at radius 1 is 1.22 bits per heavy atom. The Morgan fingerprint density at radius 3 is 2.41 bits per heavy atom. The molecule has 1 unspecified atom stereocenters. The zero-order valence-corrected chi connectivity index (χ0v) is 16.6. The van der Waals surface area contributed by atoms with Crippen LogP contribution in [0.5, 0.6) is 0 Å². The van der Waals surface area contributed by atoms with Crippen molar-refractivity contribution in [1.29, 1.82) is 0 Å². The minimum Gasteiger partial charge on any atom is -0.354 e. The lowest BCUT2D eigenvalue weighted by Gasteiger charge is -2.15. The number of halogens is 5. The summed E-state index contributed by atoms with van der Waals surface area (Å²) in [4.78, 5) is 12.2. The Hall–Kier alpha value is -1.91. The van der Waals surface area contributed by atoms with Crippen molar-refractivity contribution >= 4 is 21.8 Å². The summed E-state index contributed by atoms with van der Waals surface area (Å²) in [6, 6.07) is -0.510. The molecule has 0 saturated heterocycles. The van der Waals surface area contributed by atoms with Crippen molar-refractivity contribution < 1.29 is 22.4 Å². The molecule has 2 rings (SSSR count). The molecule has 150 valence electrons. The van der Waals surface area contributed by atoms with E-state index in [-0.39, 0.29) is 6.54 Å². The van der Waals surface area contributed by atoms with Crippen LogP contribution in [0.15, 0.2) is 10.5 Å². The number of nitrogens with one attached hydrogen (secondary N) is 1. The van der Waals surface area contributed by atoms with Crippen molar-refractivity contribution in [2.45, 2.75) is 52.6 Å². The second-order valence-corrected chi connectivity index (χ2v) is 6.86. The van der Waals surface area contributed by atoms with E-state index in [0.717, 1.165) is 15.9 Å². The predicted molar refractivity (Wildman–Crippen MR) is 93.9 cm³/mol. The summed E-state index contributed by atoms with van der Waals surface area (Å²) in [5.41, 5.74) is 0.337. The van der Waals surface area contributed by atoms with Crippen molar-refractivity contribution in [1.82, 2.24) is 24.9 Å². The topological polar surface area (TPSA) is 64.7 Å². The molecule has 0 radical (unpaired) electrons. The van der Waals surface area contributed by atoms with E-state index in [9.17, 15) is 22.4 Å². The molecule has 2 heterocycles. The molecule has 1 N–H and O–H groups in total. The SMILES string of the molecule is Cc1nn(CCCNC(=O)C(C)n2nc(C(F)F)cc2C(F)F)c(C)c1Br. The summed E-state index contributed by atoms with van der Waals surface area (Å²) >= 11 is 3.43. The molecule has 11 heteroatoms. The van der Waals surface area contributed by atoms with Crippen LogP contribution in [0.2, 0.25) is 0 Å². The molecule has 1 atom stereocenters. The minimum atomic E-state index is -3.01. The fraction of sp³-hybridized carbons (Fsp3) is 0.562. The Balaban J connectivity index is 1.95. The van der Waals surface area contributed by atoms with Gasteiger partial charge < -0.3 is 5.32 Å². The number of aromatic nitrogens is 4. The summed E-state index contributed by atoms with van der Waals surface area (Å²) in [5.74, 6) is -0.574. The second-order valence-electron chi connectivity index (χ2n) is 6.07. The Kier molecular flexibility index (Phi) is 7.01. The molecule has 0 spiro atoms. The van der Waals surface area contributed by atoms with Crippen LogP contribution in [-0.2, 0) is 11.3 Å². The van der Waals surface area contributed by atoms with Crippen molar-refractivity contribution in [3.05, 3.63) is 33.3 Å². The number of aryl methyl sites for hydroxylation is 2. The third-order valence-electron chi connectivity index (χ3n) is 4.12. The molecule has 0 aliphatic rings. The normalized spacial score (nSPS) is 12.8. The van der Waals surface area contributed by atoms with Crippen LogP contribution < -0.4 is 5.32 Å². The molecule has 27 heavy (non-hydrogen) atoms. The third kappa shape index (κ3) is 4.88. The zero-order chi connectivity index (χ0) is 20.3. The van der Waals surface area contributed by atoms with Gasteiger partial charge in [-0.3, -0.25) is 14.2 Å². The van der Waals surface area contributed by atoms with E-state index in [1.165, 1.54) is 6.92 Å². The largest absolute Gasteiger partial charge is 0.354 e. The van der Waals surface area contributed by atoms with Gasteiger partial charge in [-0.15, -0.1) is 0 Å². The van der Waals surface area contributed by atoms with Crippen LogP contribution in [0.3, 0.4) is 0 Å². The smallest absolute Gasteiger partial charge is 0.282 e. The molecule has 6 nitrogen and oxygen atoms in total. The van der Waals surface area contributed by atoms with Crippen molar-refractivity contribution in [2.75, 3.05) is 6.54 Å².